The van der Waals surface area contributed by atoms with Crippen LogP contribution in [0.1, 0.15) is 27.5 Å². The second kappa shape index (κ2) is 4.25. The Hall–Kier alpha value is -1.75. The average Bonchev–Trinajstić information content (AvgIpc) is 2.82. The Balaban J connectivity index is 2.25. The van der Waals surface area contributed by atoms with Gasteiger partial charge in [-0.1, -0.05) is 11.6 Å². The Morgan fingerprint density at radius 2 is 2.29 bits per heavy atom. The van der Waals surface area contributed by atoms with Crippen molar-refractivity contribution in [3.05, 3.63) is 40.1 Å². The fraction of sp³-hybridized carbons (Fsp3) is 0.273. The minimum atomic E-state index is -1.01. The number of aromatic nitrogens is 2. The highest BCUT2D eigenvalue weighted by Crippen LogP contribution is 2.20. The molecule has 0 bridgehead atoms. The molecule has 5 nitrogen and oxygen atoms in total. The van der Waals surface area contributed by atoms with Crippen LogP contribution >= 0.6 is 11.6 Å². The van der Waals surface area contributed by atoms with Gasteiger partial charge in [0, 0.05) is 0 Å². The van der Waals surface area contributed by atoms with Crippen LogP contribution in [0.4, 0.5) is 0 Å². The predicted octanol–water partition coefficient (Wildman–Crippen LogP) is 2.49. The van der Waals surface area contributed by atoms with Crippen LogP contribution in [-0.4, -0.2) is 20.9 Å². The maximum Gasteiger partial charge on any atom is 0.338 e. The number of carboxylic acids is 1. The summed E-state index contributed by atoms with van der Waals surface area (Å²) in [6, 6.07) is 1.48. The van der Waals surface area contributed by atoms with Crippen molar-refractivity contribution in [1.29, 1.82) is 0 Å². The Morgan fingerprint density at radius 1 is 1.59 bits per heavy atom. The molecule has 0 radical (unpaired) electrons. The molecular weight excluding hydrogens is 244 g/mol. The fourth-order valence-corrected chi connectivity index (χ4v) is 1.69. The minimum absolute atomic E-state index is 0.132. The summed E-state index contributed by atoms with van der Waals surface area (Å²) in [7, 11) is 0. The van der Waals surface area contributed by atoms with Crippen LogP contribution in [0.15, 0.2) is 16.7 Å². The van der Waals surface area contributed by atoms with Crippen molar-refractivity contribution < 1.29 is 14.3 Å². The summed E-state index contributed by atoms with van der Waals surface area (Å²) >= 11 is 6.01. The number of carbonyl (C=O) groups is 1. The third-order valence-electron chi connectivity index (χ3n) is 2.50. The summed E-state index contributed by atoms with van der Waals surface area (Å²) in [6.45, 7) is 4.03. The van der Waals surface area contributed by atoms with Gasteiger partial charge in [-0.15, -0.1) is 0 Å². The van der Waals surface area contributed by atoms with Crippen molar-refractivity contribution >= 4 is 17.6 Å². The number of nitrogens with zero attached hydrogens (tertiary/aromatic N) is 2. The number of furan rings is 1. The summed E-state index contributed by atoms with van der Waals surface area (Å²) in [5.41, 5.74) is 1.71. The first-order valence-corrected chi connectivity index (χ1v) is 5.37. The second-order valence-electron chi connectivity index (χ2n) is 3.75. The smallest absolute Gasteiger partial charge is 0.338 e. The number of carboxylic acid groups (broad SMARTS) is 1. The van der Waals surface area contributed by atoms with Crippen molar-refractivity contribution in [2.45, 2.75) is 20.4 Å². The number of aryl methyl sites for hydroxylation is 1. The second-order valence-corrected chi connectivity index (χ2v) is 4.13. The van der Waals surface area contributed by atoms with E-state index in [9.17, 15) is 4.79 Å². The molecule has 0 aliphatic carbocycles. The lowest BCUT2D eigenvalue weighted by Crippen LogP contribution is -2.03. The van der Waals surface area contributed by atoms with Gasteiger partial charge in [0.25, 0.3) is 0 Å². The molecule has 0 fully saturated rings. The minimum Gasteiger partial charge on any atom is -0.478 e. The molecule has 0 unspecified atom stereocenters. The molecule has 0 aliphatic rings. The topological polar surface area (TPSA) is 68.3 Å². The number of hydrogen-bond donors (Lipinski definition) is 1. The third-order valence-corrected chi connectivity index (χ3v) is 3.05. The summed E-state index contributed by atoms with van der Waals surface area (Å²) in [4.78, 5) is 10.7. The summed E-state index contributed by atoms with van der Waals surface area (Å²) < 4.78 is 6.83. The van der Waals surface area contributed by atoms with E-state index in [-0.39, 0.29) is 5.56 Å². The molecule has 17 heavy (non-hydrogen) atoms. The molecule has 2 heterocycles. The monoisotopic (exact) mass is 254 g/mol. The van der Waals surface area contributed by atoms with Gasteiger partial charge in [0.15, 0.2) is 0 Å². The van der Waals surface area contributed by atoms with E-state index in [4.69, 9.17) is 21.1 Å². The molecule has 0 spiro atoms. The van der Waals surface area contributed by atoms with E-state index in [0.29, 0.717) is 17.3 Å². The molecule has 2 rings (SSSR count). The zero-order valence-corrected chi connectivity index (χ0v) is 10.2. The van der Waals surface area contributed by atoms with E-state index in [1.165, 1.54) is 12.3 Å². The molecule has 0 saturated carbocycles. The van der Waals surface area contributed by atoms with Gasteiger partial charge < -0.3 is 9.52 Å². The van der Waals surface area contributed by atoms with Crippen LogP contribution in [0.2, 0.25) is 5.02 Å². The fourth-order valence-electron chi connectivity index (χ4n) is 1.55. The first-order valence-electron chi connectivity index (χ1n) is 4.99. The first-order chi connectivity index (χ1) is 7.99. The molecule has 0 aromatic carbocycles. The van der Waals surface area contributed by atoms with Gasteiger partial charge in [-0.2, -0.15) is 5.10 Å². The molecule has 6 heteroatoms. The summed E-state index contributed by atoms with van der Waals surface area (Å²) in [5, 5.41) is 13.6. The van der Waals surface area contributed by atoms with E-state index in [2.05, 4.69) is 5.10 Å². The van der Waals surface area contributed by atoms with Crippen molar-refractivity contribution in [1.82, 2.24) is 9.78 Å². The van der Waals surface area contributed by atoms with Gasteiger partial charge in [-0.05, 0) is 19.9 Å². The number of halogens is 1. The van der Waals surface area contributed by atoms with Gasteiger partial charge in [0.05, 0.1) is 28.5 Å². The predicted molar refractivity (Wildman–Crippen MR) is 61.5 cm³/mol. The Bertz CT molecular complexity index is 571. The van der Waals surface area contributed by atoms with Gasteiger partial charge in [0.2, 0.25) is 0 Å². The van der Waals surface area contributed by atoms with Crippen LogP contribution in [0, 0.1) is 13.8 Å². The van der Waals surface area contributed by atoms with E-state index >= 15 is 0 Å². The molecule has 2 aromatic heterocycles. The lowest BCUT2D eigenvalue weighted by molar-refractivity contribution is 0.0696. The van der Waals surface area contributed by atoms with Gasteiger partial charge in [0.1, 0.15) is 12.0 Å². The third kappa shape index (κ3) is 2.19. The standard InChI is InChI=1S/C11H11ClN2O3/c1-6-10(12)7(2)14(13-6)4-9-3-8(5-17-9)11(15)16/h3,5H,4H2,1-2H3,(H,15,16). The lowest BCUT2D eigenvalue weighted by Gasteiger charge is -2.00. The van der Waals surface area contributed by atoms with Crippen molar-refractivity contribution in [3.8, 4) is 0 Å². The number of aromatic carboxylic acids is 1. The van der Waals surface area contributed by atoms with Crippen LogP contribution < -0.4 is 0 Å². The molecule has 0 atom stereocenters. The van der Waals surface area contributed by atoms with Gasteiger partial charge >= 0.3 is 5.97 Å². The normalized spacial score (nSPS) is 10.8. The molecule has 2 aromatic rings. The van der Waals surface area contributed by atoms with Crippen LogP contribution in [0.25, 0.3) is 0 Å². The first kappa shape index (κ1) is 11.7. The molecule has 0 saturated heterocycles. The maximum atomic E-state index is 10.7. The zero-order chi connectivity index (χ0) is 12.6. The van der Waals surface area contributed by atoms with E-state index < -0.39 is 5.97 Å². The Kier molecular flexibility index (Phi) is 2.93. The molecule has 90 valence electrons. The largest absolute Gasteiger partial charge is 0.478 e. The van der Waals surface area contributed by atoms with E-state index in [1.54, 1.807) is 4.68 Å². The Labute approximate surface area is 103 Å². The van der Waals surface area contributed by atoms with E-state index in [0.717, 1.165) is 11.4 Å². The summed E-state index contributed by atoms with van der Waals surface area (Å²) in [5.74, 6) is -0.476. The number of rotatable bonds is 3. The lowest BCUT2D eigenvalue weighted by atomic mass is 10.3. The molecule has 0 aliphatic heterocycles. The molecule has 0 amide bonds. The van der Waals surface area contributed by atoms with Crippen molar-refractivity contribution in [2.24, 2.45) is 0 Å². The molecule has 1 N–H and O–H groups in total. The van der Waals surface area contributed by atoms with Crippen molar-refractivity contribution in [2.75, 3.05) is 0 Å². The Morgan fingerprint density at radius 3 is 2.76 bits per heavy atom. The maximum absolute atomic E-state index is 10.7. The van der Waals surface area contributed by atoms with Gasteiger partial charge in [-0.3, -0.25) is 4.68 Å². The molecular formula is C11H11ClN2O3. The quantitative estimate of drug-likeness (QED) is 0.914. The highest BCUT2D eigenvalue weighted by molar-refractivity contribution is 6.31. The van der Waals surface area contributed by atoms with Gasteiger partial charge in [-0.25, -0.2) is 4.79 Å². The van der Waals surface area contributed by atoms with Crippen LogP contribution in [-0.2, 0) is 6.54 Å². The zero-order valence-electron chi connectivity index (χ0n) is 9.40. The average molecular weight is 255 g/mol. The highest BCUT2D eigenvalue weighted by Gasteiger charge is 2.12. The van der Waals surface area contributed by atoms with Crippen LogP contribution in [0.5, 0.6) is 0 Å². The summed E-state index contributed by atoms with van der Waals surface area (Å²) in [6.07, 6.45) is 1.21. The highest BCUT2D eigenvalue weighted by atomic mass is 35.5. The SMILES string of the molecule is Cc1nn(Cc2cc(C(=O)O)co2)c(C)c1Cl. The van der Waals surface area contributed by atoms with Crippen molar-refractivity contribution in [3.63, 3.8) is 0 Å². The van der Waals surface area contributed by atoms with E-state index in [1.807, 2.05) is 13.8 Å². The van der Waals surface area contributed by atoms with Crippen LogP contribution in [0.3, 0.4) is 0 Å². The number of hydrogen-bond acceptors (Lipinski definition) is 3.